The molecule has 0 aromatic rings. The Labute approximate surface area is 79.7 Å². The normalized spacial score (nSPS) is 28.7. The van der Waals surface area contributed by atoms with Crippen molar-refractivity contribution in [2.45, 2.75) is 51.6 Å². The maximum atomic E-state index is 10.7. The average molecular weight is 185 g/mol. The van der Waals surface area contributed by atoms with E-state index in [1.165, 1.54) is 5.06 Å². The number of piperidine rings is 1. The van der Waals surface area contributed by atoms with Crippen molar-refractivity contribution in [1.82, 2.24) is 5.06 Å². The molecule has 1 aliphatic heterocycles. The first kappa shape index (κ1) is 10.7. The summed E-state index contributed by atoms with van der Waals surface area (Å²) in [7, 11) is 0. The molecule has 3 nitrogen and oxygen atoms in total. The van der Waals surface area contributed by atoms with E-state index in [9.17, 15) is 10.0 Å². The molecule has 0 radical (unpaired) electrons. The van der Waals surface area contributed by atoms with Crippen LogP contribution >= 0.6 is 0 Å². The van der Waals surface area contributed by atoms with Gasteiger partial charge in [-0.1, -0.05) is 0 Å². The Bertz CT molecular complexity index is 193. The van der Waals surface area contributed by atoms with Crippen molar-refractivity contribution >= 4 is 6.29 Å². The molecule has 0 bridgehead atoms. The second-order valence-corrected chi connectivity index (χ2v) is 5.24. The summed E-state index contributed by atoms with van der Waals surface area (Å²) in [5.41, 5.74) is -0.597. The van der Waals surface area contributed by atoms with Gasteiger partial charge in [0.25, 0.3) is 0 Å². The summed E-state index contributed by atoms with van der Waals surface area (Å²) in [6, 6.07) is 0. The SMILES string of the molecule is CC1(C)CC(C=O)CC(C)(C)N1O. The van der Waals surface area contributed by atoms with Gasteiger partial charge in [0.2, 0.25) is 0 Å². The molecule has 1 N–H and O–H groups in total. The predicted molar refractivity (Wildman–Crippen MR) is 50.6 cm³/mol. The molecule has 3 heteroatoms. The highest BCUT2D eigenvalue weighted by atomic mass is 16.5. The molecule has 0 atom stereocenters. The van der Waals surface area contributed by atoms with E-state index in [4.69, 9.17) is 0 Å². The molecule has 0 unspecified atom stereocenters. The summed E-state index contributed by atoms with van der Waals surface area (Å²) in [6.07, 6.45) is 2.48. The Balaban J connectivity index is 2.88. The molecule has 0 aromatic heterocycles. The van der Waals surface area contributed by atoms with Crippen molar-refractivity contribution in [3.05, 3.63) is 0 Å². The predicted octanol–water partition coefficient (Wildman–Crippen LogP) is 1.84. The minimum absolute atomic E-state index is 0.0772. The van der Waals surface area contributed by atoms with Crippen LogP contribution in [-0.4, -0.2) is 27.6 Å². The third-order valence-corrected chi connectivity index (χ3v) is 2.86. The van der Waals surface area contributed by atoms with Crippen LogP contribution in [0.5, 0.6) is 0 Å². The number of carbonyl (C=O) groups is 1. The van der Waals surface area contributed by atoms with Gasteiger partial charge < -0.3 is 10.0 Å². The monoisotopic (exact) mass is 185 g/mol. The lowest BCUT2D eigenvalue weighted by atomic mass is 9.76. The van der Waals surface area contributed by atoms with Gasteiger partial charge in [0.05, 0.1) is 0 Å². The highest BCUT2D eigenvalue weighted by Gasteiger charge is 2.44. The number of hydrogen-bond donors (Lipinski definition) is 1. The summed E-state index contributed by atoms with van der Waals surface area (Å²) < 4.78 is 0. The zero-order valence-corrected chi connectivity index (χ0v) is 8.87. The molecule has 1 fully saturated rings. The van der Waals surface area contributed by atoms with Crippen LogP contribution in [0.2, 0.25) is 0 Å². The molecule has 1 aliphatic rings. The Morgan fingerprint density at radius 3 is 1.92 bits per heavy atom. The van der Waals surface area contributed by atoms with Crippen molar-refractivity contribution in [1.29, 1.82) is 0 Å². The van der Waals surface area contributed by atoms with Crippen LogP contribution in [-0.2, 0) is 4.79 Å². The summed E-state index contributed by atoms with van der Waals surface area (Å²) >= 11 is 0. The van der Waals surface area contributed by atoms with Gasteiger partial charge in [-0.05, 0) is 40.5 Å². The van der Waals surface area contributed by atoms with Crippen LogP contribution in [0.1, 0.15) is 40.5 Å². The zero-order valence-electron chi connectivity index (χ0n) is 8.87. The number of rotatable bonds is 1. The van der Waals surface area contributed by atoms with Gasteiger partial charge in [-0.3, -0.25) is 0 Å². The minimum Gasteiger partial charge on any atom is -0.313 e. The molecule has 1 saturated heterocycles. The number of nitrogens with zero attached hydrogens (tertiary/aromatic N) is 1. The smallest absolute Gasteiger partial charge is 0.123 e. The summed E-state index contributed by atoms with van der Waals surface area (Å²) in [5, 5.41) is 11.3. The number of carbonyl (C=O) groups excluding carboxylic acids is 1. The van der Waals surface area contributed by atoms with Crippen LogP contribution in [0.25, 0.3) is 0 Å². The summed E-state index contributed by atoms with van der Waals surface area (Å²) in [4.78, 5) is 10.7. The average Bonchev–Trinajstić information content (AvgIpc) is 1.99. The fraction of sp³-hybridized carbons (Fsp3) is 0.900. The third kappa shape index (κ3) is 1.92. The molecule has 0 spiro atoms. The van der Waals surface area contributed by atoms with E-state index in [1.807, 2.05) is 27.7 Å². The topological polar surface area (TPSA) is 40.5 Å². The molecule has 0 amide bonds. The second-order valence-electron chi connectivity index (χ2n) is 5.24. The molecule has 0 aliphatic carbocycles. The zero-order chi connectivity index (χ0) is 10.3. The first-order valence-electron chi connectivity index (χ1n) is 4.74. The first-order valence-corrected chi connectivity index (χ1v) is 4.74. The first-order chi connectivity index (χ1) is 5.79. The lowest BCUT2D eigenvalue weighted by Gasteiger charge is -2.50. The molecule has 76 valence electrons. The third-order valence-electron chi connectivity index (χ3n) is 2.86. The van der Waals surface area contributed by atoms with Crippen molar-refractivity contribution in [3.8, 4) is 0 Å². The van der Waals surface area contributed by atoms with Gasteiger partial charge in [0, 0.05) is 17.0 Å². The molecule has 1 heterocycles. The van der Waals surface area contributed by atoms with E-state index in [0.717, 1.165) is 19.1 Å². The summed E-state index contributed by atoms with van der Waals surface area (Å²) in [5.74, 6) is 0.0772. The van der Waals surface area contributed by atoms with E-state index in [2.05, 4.69) is 0 Å². The lowest BCUT2D eigenvalue weighted by molar-refractivity contribution is -0.248. The fourth-order valence-corrected chi connectivity index (χ4v) is 2.44. The van der Waals surface area contributed by atoms with Crippen LogP contribution in [0.15, 0.2) is 0 Å². The largest absolute Gasteiger partial charge is 0.313 e. The summed E-state index contributed by atoms with van der Waals surface area (Å²) in [6.45, 7) is 7.85. The second kappa shape index (κ2) is 3.07. The van der Waals surface area contributed by atoms with Crippen molar-refractivity contribution < 1.29 is 10.0 Å². The van der Waals surface area contributed by atoms with Crippen LogP contribution in [0.3, 0.4) is 0 Å². The standard InChI is InChI=1S/C10H19NO2/c1-9(2)5-8(7-12)6-10(3,4)11(9)13/h7-8,13H,5-6H2,1-4H3. The van der Waals surface area contributed by atoms with E-state index in [-0.39, 0.29) is 17.0 Å². The molecule has 0 aromatic carbocycles. The van der Waals surface area contributed by atoms with Crippen molar-refractivity contribution in [2.75, 3.05) is 0 Å². The van der Waals surface area contributed by atoms with Crippen LogP contribution < -0.4 is 0 Å². The van der Waals surface area contributed by atoms with Crippen molar-refractivity contribution in [3.63, 3.8) is 0 Å². The molecule has 1 rings (SSSR count). The maximum Gasteiger partial charge on any atom is 0.123 e. The number of hydroxylamine groups is 2. The van der Waals surface area contributed by atoms with Gasteiger partial charge in [0.15, 0.2) is 0 Å². The van der Waals surface area contributed by atoms with Crippen molar-refractivity contribution in [2.24, 2.45) is 5.92 Å². The van der Waals surface area contributed by atoms with Gasteiger partial charge in [-0.25, -0.2) is 0 Å². The Morgan fingerprint density at radius 2 is 1.62 bits per heavy atom. The molecular weight excluding hydrogens is 166 g/mol. The van der Waals surface area contributed by atoms with E-state index in [0.29, 0.717) is 0 Å². The quantitative estimate of drug-likeness (QED) is 0.634. The minimum atomic E-state index is -0.298. The van der Waals surface area contributed by atoms with Crippen LogP contribution in [0.4, 0.5) is 0 Å². The Morgan fingerprint density at radius 1 is 1.23 bits per heavy atom. The van der Waals surface area contributed by atoms with E-state index in [1.54, 1.807) is 0 Å². The Kier molecular flexibility index (Phi) is 2.52. The van der Waals surface area contributed by atoms with Gasteiger partial charge in [-0.2, -0.15) is 5.06 Å². The van der Waals surface area contributed by atoms with Crippen LogP contribution in [0, 0.1) is 5.92 Å². The van der Waals surface area contributed by atoms with E-state index < -0.39 is 0 Å². The highest BCUT2D eigenvalue weighted by molar-refractivity contribution is 5.54. The fourth-order valence-electron chi connectivity index (χ4n) is 2.44. The highest BCUT2D eigenvalue weighted by Crippen LogP contribution is 2.38. The maximum absolute atomic E-state index is 10.7. The van der Waals surface area contributed by atoms with E-state index >= 15 is 0 Å². The lowest BCUT2D eigenvalue weighted by Crippen LogP contribution is -2.59. The molecule has 0 saturated carbocycles. The molecular formula is C10H19NO2. The number of hydrogen-bond acceptors (Lipinski definition) is 3. The Hall–Kier alpha value is -0.410. The van der Waals surface area contributed by atoms with Gasteiger partial charge in [0.1, 0.15) is 6.29 Å². The number of aldehydes is 1. The van der Waals surface area contributed by atoms with Gasteiger partial charge in [-0.15, -0.1) is 0 Å². The van der Waals surface area contributed by atoms with Gasteiger partial charge >= 0.3 is 0 Å². The molecule has 13 heavy (non-hydrogen) atoms.